The normalized spacial score (nSPS) is 27.4. The fourth-order valence-corrected chi connectivity index (χ4v) is 6.22. The molecule has 4 aliphatic rings. The number of fused-ring (bicyclic) bond motifs is 3. The Morgan fingerprint density at radius 1 is 1.29 bits per heavy atom. The Balaban J connectivity index is 1.59. The van der Waals surface area contributed by atoms with Gasteiger partial charge in [0.1, 0.15) is 18.1 Å². The van der Waals surface area contributed by atoms with Crippen LogP contribution in [0.2, 0.25) is 5.02 Å². The third kappa shape index (κ3) is 6.04. The number of nitrogens with zero attached hydrogens (tertiary/aromatic N) is 2. The molecule has 6 atom stereocenters. The van der Waals surface area contributed by atoms with E-state index in [-0.39, 0.29) is 24.7 Å². The number of nitriles is 1. The molecular formula is C27H34ClF2N5O3. The van der Waals surface area contributed by atoms with E-state index < -0.39 is 60.2 Å². The lowest BCUT2D eigenvalue weighted by atomic mass is 9.71. The molecule has 4 fully saturated rings. The summed E-state index contributed by atoms with van der Waals surface area (Å²) >= 11 is 6.12. The van der Waals surface area contributed by atoms with E-state index in [1.807, 2.05) is 19.9 Å². The smallest absolute Gasteiger partial charge is 0.255 e. The number of carbonyl (C=O) groups is 3. The lowest BCUT2D eigenvalue weighted by Crippen LogP contribution is -2.70. The lowest BCUT2D eigenvalue weighted by molar-refractivity contribution is -0.194. The molecule has 11 heteroatoms. The van der Waals surface area contributed by atoms with Gasteiger partial charge < -0.3 is 20.9 Å². The summed E-state index contributed by atoms with van der Waals surface area (Å²) in [5.41, 5.74) is 0.615. The van der Waals surface area contributed by atoms with Crippen molar-refractivity contribution >= 4 is 35.0 Å². The van der Waals surface area contributed by atoms with Gasteiger partial charge in [-0.05, 0) is 56.2 Å². The molecule has 0 radical (unpaired) electrons. The molecule has 1 saturated carbocycles. The van der Waals surface area contributed by atoms with Gasteiger partial charge in [-0.25, -0.2) is 8.78 Å². The molecule has 8 nitrogen and oxygen atoms in total. The van der Waals surface area contributed by atoms with Crippen molar-refractivity contribution in [2.24, 2.45) is 17.8 Å². The first-order valence-corrected chi connectivity index (χ1v) is 13.6. The number of anilines is 1. The first-order chi connectivity index (χ1) is 18.0. The minimum atomic E-state index is -3.11. The molecule has 38 heavy (non-hydrogen) atoms. The van der Waals surface area contributed by atoms with E-state index in [1.54, 1.807) is 24.3 Å². The zero-order valence-electron chi connectivity index (χ0n) is 21.6. The van der Waals surface area contributed by atoms with Crippen molar-refractivity contribution in [2.75, 3.05) is 11.9 Å². The van der Waals surface area contributed by atoms with E-state index in [0.29, 0.717) is 36.5 Å². The molecule has 1 aliphatic carbocycles. The predicted molar refractivity (Wildman–Crippen MR) is 138 cm³/mol. The standard InChI is InChI=1S/C27H34ClF2N5O3/c1-15(2)10-22(33-18-5-3-4-17(28)12-18)26(38)35-20-6-7-21(27(29,30)13-20)23(35)25(37)34-19(14-31)11-16-8-9-32-24(16)36/h3-5,12,15-16,19-23,33H,6-11,13H2,1-2H3,(H,32,36)(H,34,37)/t16-,19-,20+,21+,22-,23+/m1/s1. The third-order valence-electron chi connectivity index (χ3n) is 7.78. The molecule has 206 valence electrons. The van der Waals surface area contributed by atoms with Gasteiger partial charge in [0.2, 0.25) is 17.7 Å². The Morgan fingerprint density at radius 2 is 2.05 bits per heavy atom. The van der Waals surface area contributed by atoms with Gasteiger partial charge in [0.05, 0.1) is 12.0 Å². The quantitative estimate of drug-likeness (QED) is 0.434. The average molecular weight is 550 g/mol. The second-order valence-electron chi connectivity index (χ2n) is 11.0. The molecule has 3 amide bonds. The number of rotatable bonds is 9. The largest absolute Gasteiger partial charge is 0.374 e. The van der Waals surface area contributed by atoms with Gasteiger partial charge in [-0.15, -0.1) is 0 Å². The van der Waals surface area contributed by atoms with E-state index >= 15 is 8.78 Å². The van der Waals surface area contributed by atoms with E-state index in [0.717, 1.165) is 0 Å². The molecular weight excluding hydrogens is 516 g/mol. The van der Waals surface area contributed by atoms with Crippen LogP contribution in [-0.4, -0.2) is 59.3 Å². The summed E-state index contributed by atoms with van der Waals surface area (Å²) in [4.78, 5) is 40.9. The Hall–Kier alpha value is -2.93. The summed E-state index contributed by atoms with van der Waals surface area (Å²) in [5, 5.41) is 18.6. The highest BCUT2D eigenvalue weighted by atomic mass is 35.5. The van der Waals surface area contributed by atoms with Crippen molar-refractivity contribution < 1.29 is 23.2 Å². The molecule has 2 bridgehead atoms. The minimum Gasteiger partial charge on any atom is -0.374 e. The molecule has 5 rings (SSSR count). The van der Waals surface area contributed by atoms with E-state index in [9.17, 15) is 19.6 Å². The number of alkyl halides is 2. The number of carbonyl (C=O) groups excluding carboxylic acids is 3. The monoisotopic (exact) mass is 549 g/mol. The molecule has 1 aromatic carbocycles. The van der Waals surface area contributed by atoms with Gasteiger partial charge >= 0.3 is 0 Å². The summed E-state index contributed by atoms with van der Waals surface area (Å²) in [5.74, 6) is -6.18. The SMILES string of the molecule is CC(C)C[C@@H](Nc1cccc(Cl)c1)C(=O)N1[C@H]2CC[C@@H]([C@H]1C(=O)N[C@@H](C#N)C[C@H]1CCNC1=O)C(F)(F)C2. The van der Waals surface area contributed by atoms with Crippen LogP contribution in [-0.2, 0) is 14.4 Å². The fraction of sp³-hybridized carbons (Fsp3) is 0.630. The van der Waals surface area contributed by atoms with Gasteiger partial charge in [0.15, 0.2) is 0 Å². The first kappa shape index (κ1) is 28.1. The number of benzene rings is 1. The van der Waals surface area contributed by atoms with Gasteiger partial charge in [0, 0.05) is 35.6 Å². The third-order valence-corrected chi connectivity index (χ3v) is 8.02. The molecule has 3 heterocycles. The van der Waals surface area contributed by atoms with Gasteiger partial charge in [-0.3, -0.25) is 14.4 Å². The number of hydrogen-bond acceptors (Lipinski definition) is 5. The van der Waals surface area contributed by atoms with Crippen LogP contribution in [0.3, 0.4) is 0 Å². The molecule has 0 unspecified atom stereocenters. The number of nitrogens with one attached hydrogen (secondary N) is 3. The predicted octanol–water partition coefficient (Wildman–Crippen LogP) is 3.72. The van der Waals surface area contributed by atoms with Crippen LogP contribution in [0.1, 0.15) is 52.4 Å². The number of piperidine rings is 2. The minimum absolute atomic E-state index is 0.0888. The van der Waals surface area contributed by atoms with Crippen LogP contribution in [0.15, 0.2) is 24.3 Å². The van der Waals surface area contributed by atoms with Crippen LogP contribution in [0.5, 0.6) is 0 Å². The number of amides is 3. The van der Waals surface area contributed by atoms with Gasteiger partial charge in [-0.2, -0.15) is 5.26 Å². The first-order valence-electron chi connectivity index (χ1n) is 13.2. The molecule has 1 aromatic rings. The summed E-state index contributed by atoms with van der Waals surface area (Å²) in [6.07, 6.45) is 1.04. The molecule has 3 N–H and O–H groups in total. The maximum absolute atomic E-state index is 15.1. The Kier molecular flexibility index (Phi) is 8.46. The summed E-state index contributed by atoms with van der Waals surface area (Å²) < 4.78 is 30.2. The topological polar surface area (TPSA) is 114 Å². The molecule has 0 aromatic heterocycles. The van der Waals surface area contributed by atoms with Crippen molar-refractivity contribution in [1.29, 1.82) is 5.26 Å². The second-order valence-corrected chi connectivity index (χ2v) is 11.5. The average Bonchev–Trinajstić information content (AvgIpc) is 3.25. The van der Waals surface area contributed by atoms with E-state index in [1.165, 1.54) is 4.90 Å². The Bertz CT molecular complexity index is 1110. The molecule has 0 spiro atoms. The highest BCUT2D eigenvalue weighted by molar-refractivity contribution is 6.30. The van der Waals surface area contributed by atoms with Gasteiger partial charge in [-0.1, -0.05) is 31.5 Å². The van der Waals surface area contributed by atoms with Crippen LogP contribution < -0.4 is 16.0 Å². The molecule has 3 saturated heterocycles. The highest BCUT2D eigenvalue weighted by Gasteiger charge is 2.61. The fourth-order valence-electron chi connectivity index (χ4n) is 6.03. The van der Waals surface area contributed by atoms with E-state index in [2.05, 4.69) is 16.0 Å². The van der Waals surface area contributed by atoms with Crippen LogP contribution in [0, 0.1) is 29.1 Å². The highest BCUT2D eigenvalue weighted by Crippen LogP contribution is 2.49. The van der Waals surface area contributed by atoms with Crippen LogP contribution >= 0.6 is 11.6 Å². The van der Waals surface area contributed by atoms with Crippen molar-refractivity contribution in [1.82, 2.24) is 15.5 Å². The van der Waals surface area contributed by atoms with Crippen molar-refractivity contribution in [3.05, 3.63) is 29.3 Å². The number of hydrogen-bond donors (Lipinski definition) is 3. The second kappa shape index (κ2) is 11.4. The number of halogens is 3. The van der Waals surface area contributed by atoms with E-state index in [4.69, 9.17) is 11.6 Å². The lowest BCUT2D eigenvalue weighted by Gasteiger charge is -2.54. The van der Waals surface area contributed by atoms with Crippen molar-refractivity contribution in [3.8, 4) is 6.07 Å². The van der Waals surface area contributed by atoms with Gasteiger partial charge in [0.25, 0.3) is 5.92 Å². The van der Waals surface area contributed by atoms with Crippen LogP contribution in [0.4, 0.5) is 14.5 Å². The Labute approximate surface area is 226 Å². The summed E-state index contributed by atoms with van der Waals surface area (Å²) in [7, 11) is 0. The Morgan fingerprint density at radius 3 is 2.66 bits per heavy atom. The van der Waals surface area contributed by atoms with Crippen molar-refractivity contribution in [2.45, 2.75) is 82.5 Å². The van der Waals surface area contributed by atoms with Crippen LogP contribution in [0.25, 0.3) is 0 Å². The van der Waals surface area contributed by atoms with Crippen molar-refractivity contribution in [3.63, 3.8) is 0 Å². The summed E-state index contributed by atoms with van der Waals surface area (Å²) in [6, 6.07) is 4.89. The molecule has 3 aliphatic heterocycles. The summed E-state index contributed by atoms with van der Waals surface area (Å²) in [6.45, 7) is 4.40. The maximum Gasteiger partial charge on any atom is 0.255 e. The zero-order chi connectivity index (χ0) is 27.6. The maximum atomic E-state index is 15.1. The zero-order valence-corrected chi connectivity index (χ0v) is 22.3.